The zero-order valence-electron chi connectivity index (χ0n) is 19.3. The quantitative estimate of drug-likeness (QED) is 0.746. The van der Waals surface area contributed by atoms with Gasteiger partial charge in [0.25, 0.3) is 0 Å². The summed E-state index contributed by atoms with van der Waals surface area (Å²) in [4.78, 5) is 27.5. The van der Waals surface area contributed by atoms with E-state index < -0.39 is 23.6 Å². The summed E-state index contributed by atoms with van der Waals surface area (Å²) in [5.41, 5.74) is 2.56. The predicted molar refractivity (Wildman–Crippen MR) is 121 cm³/mol. The number of β-amino-alcohol motifs (C(OH)–C–C–N with tert-alkyl or cyclic N) is 1. The van der Waals surface area contributed by atoms with E-state index in [2.05, 4.69) is 27.8 Å². The van der Waals surface area contributed by atoms with E-state index >= 15 is 0 Å². The Morgan fingerprint density at radius 1 is 1.25 bits per heavy atom. The van der Waals surface area contributed by atoms with Crippen LogP contribution in [0.2, 0.25) is 0 Å². The largest absolute Gasteiger partial charge is 0.391 e. The SMILES string of the molecule is CNC(=O)[C@@H]1C[C@@H](O)CN1C(=O)[C@@H](n1cc(-c2cccc(C3CCC3)c2)nn1)C(C)(C)C. The molecule has 0 spiro atoms. The molecular formula is C24H33N5O3. The predicted octanol–water partition coefficient (Wildman–Crippen LogP) is 2.51. The first-order valence-electron chi connectivity index (χ1n) is 11.4. The number of likely N-dealkylation sites (N-methyl/N-ethyl adjacent to an activating group) is 1. The number of likely N-dealkylation sites (tertiary alicyclic amines) is 1. The molecule has 32 heavy (non-hydrogen) atoms. The van der Waals surface area contributed by atoms with Crippen LogP contribution in [0, 0.1) is 5.41 Å². The second-order valence-corrected chi connectivity index (χ2v) is 10.1. The molecule has 1 aromatic heterocycles. The Morgan fingerprint density at radius 3 is 2.62 bits per heavy atom. The van der Waals surface area contributed by atoms with Gasteiger partial charge in [-0.25, -0.2) is 4.68 Å². The Morgan fingerprint density at radius 2 is 2.00 bits per heavy atom. The summed E-state index contributed by atoms with van der Waals surface area (Å²) in [7, 11) is 1.54. The highest BCUT2D eigenvalue weighted by molar-refractivity contribution is 5.90. The van der Waals surface area contributed by atoms with E-state index in [9.17, 15) is 14.7 Å². The number of aromatic nitrogens is 3. The van der Waals surface area contributed by atoms with E-state index in [-0.39, 0.29) is 24.8 Å². The van der Waals surface area contributed by atoms with Crippen LogP contribution in [0.3, 0.4) is 0 Å². The molecule has 3 atom stereocenters. The highest BCUT2D eigenvalue weighted by Gasteiger charge is 2.45. The molecule has 1 aliphatic heterocycles. The van der Waals surface area contributed by atoms with Crippen LogP contribution in [0.1, 0.15) is 64.0 Å². The molecule has 2 amide bonds. The minimum Gasteiger partial charge on any atom is -0.391 e. The molecule has 8 nitrogen and oxygen atoms in total. The molecule has 2 N–H and O–H groups in total. The lowest BCUT2D eigenvalue weighted by atomic mass is 9.79. The molecule has 1 saturated heterocycles. The molecule has 1 aromatic carbocycles. The summed E-state index contributed by atoms with van der Waals surface area (Å²) in [6.45, 7) is 6.04. The van der Waals surface area contributed by atoms with E-state index in [0.29, 0.717) is 5.92 Å². The van der Waals surface area contributed by atoms with Crippen LogP contribution in [-0.4, -0.2) is 62.6 Å². The monoisotopic (exact) mass is 439 g/mol. The number of hydrogen-bond donors (Lipinski definition) is 2. The van der Waals surface area contributed by atoms with Gasteiger partial charge in [0.05, 0.1) is 12.3 Å². The van der Waals surface area contributed by atoms with Crippen molar-refractivity contribution < 1.29 is 14.7 Å². The van der Waals surface area contributed by atoms with Crippen molar-refractivity contribution in [3.63, 3.8) is 0 Å². The van der Waals surface area contributed by atoms with Crippen molar-refractivity contribution in [1.29, 1.82) is 0 Å². The number of aliphatic hydroxyl groups is 1. The summed E-state index contributed by atoms with van der Waals surface area (Å²) in [5.74, 6) is 0.120. The van der Waals surface area contributed by atoms with E-state index in [1.807, 2.05) is 39.1 Å². The molecule has 0 unspecified atom stereocenters. The van der Waals surface area contributed by atoms with Gasteiger partial charge in [-0.3, -0.25) is 9.59 Å². The average Bonchev–Trinajstić information content (AvgIpc) is 3.32. The lowest BCUT2D eigenvalue weighted by molar-refractivity contribution is -0.144. The van der Waals surface area contributed by atoms with Crippen molar-refractivity contribution >= 4 is 11.8 Å². The smallest absolute Gasteiger partial charge is 0.248 e. The zero-order chi connectivity index (χ0) is 23.0. The van der Waals surface area contributed by atoms with Gasteiger partial charge in [-0.15, -0.1) is 5.10 Å². The number of aliphatic hydroxyl groups excluding tert-OH is 1. The summed E-state index contributed by atoms with van der Waals surface area (Å²) in [5, 5.41) is 21.5. The van der Waals surface area contributed by atoms with Crippen molar-refractivity contribution in [3.8, 4) is 11.3 Å². The number of carbonyl (C=O) groups is 2. The molecule has 4 rings (SSSR count). The second-order valence-electron chi connectivity index (χ2n) is 10.1. The van der Waals surface area contributed by atoms with Crippen LogP contribution in [0.5, 0.6) is 0 Å². The molecule has 2 aliphatic rings. The summed E-state index contributed by atoms with van der Waals surface area (Å²) in [6.07, 6.45) is 5.06. The molecule has 2 heterocycles. The van der Waals surface area contributed by atoms with Crippen LogP contribution in [0.4, 0.5) is 0 Å². The standard InChI is InChI=1S/C24H33N5O3/c1-24(2,3)21(23(32)28-13-18(30)12-20(28)22(31)25-4)29-14-19(26-27-29)17-10-6-9-16(11-17)15-7-5-8-15/h6,9-11,14-15,18,20-21,30H,5,7-8,12-13H2,1-4H3,(H,25,31)/t18-,20+,21-/m1/s1. The third-order valence-corrected chi connectivity index (χ3v) is 6.70. The van der Waals surface area contributed by atoms with Crippen LogP contribution >= 0.6 is 0 Å². The molecule has 2 aromatic rings. The van der Waals surface area contributed by atoms with Crippen molar-refractivity contribution in [2.24, 2.45) is 5.41 Å². The Hall–Kier alpha value is -2.74. The maximum atomic E-state index is 13.7. The number of rotatable bonds is 5. The van der Waals surface area contributed by atoms with Gasteiger partial charge in [0, 0.05) is 25.6 Å². The van der Waals surface area contributed by atoms with Crippen LogP contribution in [0.25, 0.3) is 11.3 Å². The minimum absolute atomic E-state index is 0.133. The van der Waals surface area contributed by atoms with Gasteiger partial charge in [-0.1, -0.05) is 50.6 Å². The van der Waals surface area contributed by atoms with Crippen molar-refractivity contribution in [3.05, 3.63) is 36.0 Å². The normalized spacial score (nSPS) is 22.5. The van der Waals surface area contributed by atoms with E-state index in [0.717, 1.165) is 11.3 Å². The fourth-order valence-electron chi connectivity index (χ4n) is 4.74. The van der Waals surface area contributed by atoms with Crippen molar-refractivity contribution in [2.75, 3.05) is 13.6 Å². The first-order chi connectivity index (χ1) is 15.2. The van der Waals surface area contributed by atoms with E-state index in [1.165, 1.54) is 29.7 Å². The molecule has 1 saturated carbocycles. The molecule has 172 valence electrons. The van der Waals surface area contributed by atoms with E-state index in [1.54, 1.807) is 11.7 Å². The summed E-state index contributed by atoms with van der Waals surface area (Å²) in [6, 6.07) is 7.06. The lowest BCUT2D eigenvalue weighted by Crippen LogP contribution is -2.49. The molecule has 8 heteroatoms. The number of hydrogen-bond acceptors (Lipinski definition) is 5. The number of benzene rings is 1. The van der Waals surface area contributed by atoms with Crippen LogP contribution < -0.4 is 5.32 Å². The third kappa shape index (κ3) is 4.28. The van der Waals surface area contributed by atoms with Crippen LogP contribution in [0.15, 0.2) is 30.5 Å². The zero-order valence-corrected chi connectivity index (χ0v) is 19.3. The first-order valence-corrected chi connectivity index (χ1v) is 11.4. The lowest BCUT2D eigenvalue weighted by Gasteiger charge is -2.34. The highest BCUT2D eigenvalue weighted by Crippen LogP contribution is 2.38. The average molecular weight is 440 g/mol. The Balaban J connectivity index is 1.63. The molecule has 2 fully saturated rings. The van der Waals surface area contributed by atoms with Gasteiger partial charge in [0.2, 0.25) is 11.8 Å². The Kier molecular flexibility index (Phi) is 6.07. The summed E-state index contributed by atoms with van der Waals surface area (Å²) < 4.78 is 1.61. The molecular weight excluding hydrogens is 406 g/mol. The molecule has 0 bridgehead atoms. The Labute approximate surface area is 189 Å². The number of nitrogens with zero attached hydrogens (tertiary/aromatic N) is 4. The molecule has 0 radical (unpaired) electrons. The third-order valence-electron chi connectivity index (χ3n) is 6.70. The fraction of sp³-hybridized carbons (Fsp3) is 0.583. The van der Waals surface area contributed by atoms with Crippen molar-refractivity contribution in [1.82, 2.24) is 25.2 Å². The van der Waals surface area contributed by atoms with Gasteiger partial charge in [-0.2, -0.15) is 0 Å². The number of nitrogens with one attached hydrogen (secondary N) is 1. The molecule has 1 aliphatic carbocycles. The maximum Gasteiger partial charge on any atom is 0.248 e. The van der Waals surface area contributed by atoms with E-state index in [4.69, 9.17) is 0 Å². The van der Waals surface area contributed by atoms with Crippen molar-refractivity contribution in [2.45, 2.75) is 70.6 Å². The van der Waals surface area contributed by atoms with Gasteiger partial charge in [0.1, 0.15) is 17.8 Å². The topological polar surface area (TPSA) is 100 Å². The van der Waals surface area contributed by atoms with Gasteiger partial charge >= 0.3 is 0 Å². The first kappa shape index (κ1) is 22.5. The number of carbonyl (C=O) groups excluding carboxylic acids is 2. The second kappa shape index (κ2) is 8.65. The van der Waals surface area contributed by atoms with Crippen LogP contribution in [-0.2, 0) is 9.59 Å². The maximum absolute atomic E-state index is 13.7. The summed E-state index contributed by atoms with van der Waals surface area (Å²) >= 11 is 0. The van der Waals surface area contributed by atoms with Gasteiger partial charge in [-0.05, 0) is 35.8 Å². The van der Waals surface area contributed by atoms with Gasteiger partial charge < -0.3 is 15.3 Å². The highest BCUT2D eigenvalue weighted by atomic mass is 16.3. The minimum atomic E-state index is -0.720. The number of amides is 2. The Bertz CT molecular complexity index is 992. The van der Waals surface area contributed by atoms with Gasteiger partial charge in [0.15, 0.2) is 0 Å². The fourth-order valence-corrected chi connectivity index (χ4v) is 4.74.